The van der Waals surface area contributed by atoms with Gasteiger partial charge in [0.25, 0.3) is 0 Å². The van der Waals surface area contributed by atoms with Crippen LogP contribution in [0.4, 0.5) is 0 Å². The Morgan fingerprint density at radius 2 is 2.10 bits per heavy atom. The highest BCUT2D eigenvalue weighted by Gasteiger charge is 2.18. The molecule has 0 saturated carbocycles. The molecule has 0 fully saturated rings. The average Bonchev–Trinajstić information content (AvgIpc) is 3.09. The van der Waals surface area contributed by atoms with Gasteiger partial charge in [-0.2, -0.15) is 5.10 Å². The predicted octanol–water partition coefficient (Wildman–Crippen LogP) is 2.36. The number of nitrogens with one attached hydrogen (secondary N) is 2. The number of rotatable bonds is 4. The number of H-pyrrole nitrogens is 1. The molecule has 1 aliphatic carbocycles. The van der Waals surface area contributed by atoms with Crippen LogP contribution in [0, 0.1) is 0 Å². The fourth-order valence-electron chi connectivity index (χ4n) is 2.93. The van der Waals surface area contributed by atoms with Gasteiger partial charge in [-0.1, -0.05) is 6.42 Å². The molecule has 2 N–H and O–H groups in total. The minimum atomic E-state index is -0.197. The van der Waals surface area contributed by atoms with E-state index < -0.39 is 0 Å². The number of aryl methyl sites for hydroxylation is 1. The van der Waals surface area contributed by atoms with E-state index in [2.05, 4.69) is 15.5 Å². The van der Waals surface area contributed by atoms with Gasteiger partial charge in [-0.05, 0) is 50.3 Å². The molecule has 0 spiro atoms. The third-order valence-electron chi connectivity index (χ3n) is 4.28. The number of carbonyl (C=O) groups excluding carboxylic acids is 1. The lowest BCUT2D eigenvalue weighted by atomic mass is 10.1. The number of amides is 1. The van der Waals surface area contributed by atoms with E-state index in [1.54, 1.807) is 0 Å². The molecule has 1 atom stereocenters. The summed E-state index contributed by atoms with van der Waals surface area (Å²) in [5.74, 6) is 0.0246. The molecule has 112 valence electrons. The van der Waals surface area contributed by atoms with Gasteiger partial charge in [-0.15, -0.1) is 0 Å². The van der Waals surface area contributed by atoms with E-state index in [0.717, 1.165) is 18.5 Å². The number of hydrogen-bond acceptors (Lipinski definition) is 2. The summed E-state index contributed by atoms with van der Waals surface area (Å²) in [5.41, 5.74) is 3.58. The maximum Gasteiger partial charge on any atom is 0.243 e. The Kier molecular flexibility index (Phi) is 4.08. The number of aromatic nitrogens is 3. The maximum absolute atomic E-state index is 12.2. The van der Waals surface area contributed by atoms with Crippen molar-refractivity contribution in [1.29, 1.82) is 0 Å². The molecule has 0 aromatic carbocycles. The smallest absolute Gasteiger partial charge is 0.243 e. The molecule has 0 saturated heterocycles. The first-order chi connectivity index (χ1) is 10.3. The molecule has 1 amide bonds. The van der Waals surface area contributed by atoms with Crippen molar-refractivity contribution in [3.8, 4) is 0 Å². The van der Waals surface area contributed by atoms with Crippen LogP contribution in [0.1, 0.15) is 49.2 Å². The van der Waals surface area contributed by atoms with Crippen molar-refractivity contribution in [2.45, 2.75) is 51.6 Å². The highest BCUT2D eigenvalue weighted by atomic mass is 16.2. The Hall–Kier alpha value is -2.04. The largest absolute Gasteiger partial charge is 0.349 e. The number of nitrogens with zero attached hydrogens (tertiary/aromatic N) is 2. The van der Waals surface area contributed by atoms with Crippen molar-refractivity contribution in [3.05, 3.63) is 41.5 Å². The molecule has 21 heavy (non-hydrogen) atoms. The van der Waals surface area contributed by atoms with E-state index in [1.807, 2.05) is 36.0 Å². The van der Waals surface area contributed by atoms with Crippen molar-refractivity contribution in [3.63, 3.8) is 0 Å². The molecule has 2 aromatic heterocycles. The number of aromatic amines is 1. The van der Waals surface area contributed by atoms with Gasteiger partial charge >= 0.3 is 0 Å². The van der Waals surface area contributed by atoms with Crippen molar-refractivity contribution in [2.24, 2.45) is 0 Å². The lowest BCUT2D eigenvalue weighted by molar-refractivity contribution is -0.124. The average molecular weight is 286 g/mol. The van der Waals surface area contributed by atoms with Gasteiger partial charge in [0.2, 0.25) is 5.91 Å². The van der Waals surface area contributed by atoms with Crippen LogP contribution in [0.2, 0.25) is 0 Å². The third kappa shape index (κ3) is 3.01. The van der Waals surface area contributed by atoms with E-state index in [0.29, 0.717) is 6.54 Å². The number of fused-ring (bicyclic) bond motifs is 1. The Bertz CT molecular complexity index is 600. The molecule has 2 aromatic rings. The molecule has 0 aliphatic heterocycles. The summed E-state index contributed by atoms with van der Waals surface area (Å²) < 4.78 is 1.90. The Morgan fingerprint density at radius 3 is 2.90 bits per heavy atom. The minimum absolute atomic E-state index is 0.0246. The van der Waals surface area contributed by atoms with E-state index in [4.69, 9.17) is 0 Å². The van der Waals surface area contributed by atoms with E-state index in [-0.39, 0.29) is 11.9 Å². The van der Waals surface area contributed by atoms with Crippen LogP contribution < -0.4 is 5.32 Å². The molecule has 5 heteroatoms. The van der Waals surface area contributed by atoms with Gasteiger partial charge in [0.05, 0.1) is 12.2 Å². The van der Waals surface area contributed by atoms with Crippen LogP contribution >= 0.6 is 0 Å². The van der Waals surface area contributed by atoms with Gasteiger partial charge in [0.1, 0.15) is 6.04 Å². The summed E-state index contributed by atoms with van der Waals surface area (Å²) >= 11 is 0. The van der Waals surface area contributed by atoms with Crippen molar-refractivity contribution < 1.29 is 4.79 Å². The molecule has 0 unspecified atom stereocenters. The van der Waals surface area contributed by atoms with Gasteiger partial charge < -0.3 is 9.88 Å². The van der Waals surface area contributed by atoms with Crippen LogP contribution in [0.25, 0.3) is 0 Å². The second kappa shape index (κ2) is 6.16. The zero-order chi connectivity index (χ0) is 14.7. The number of carbonyl (C=O) groups is 1. The summed E-state index contributed by atoms with van der Waals surface area (Å²) in [5, 5.41) is 10.5. The van der Waals surface area contributed by atoms with Gasteiger partial charge in [-0.25, -0.2) is 0 Å². The highest BCUT2D eigenvalue weighted by Crippen LogP contribution is 2.21. The Labute approximate surface area is 124 Å². The quantitative estimate of drug-likeness (QED) is 0.848. The summed E-state index contributed by atoms with van der Waals surface area (Å²) in [6.45, 7) is 2.41. The molecule has 2 heterocycles. The molecule has 1 aliphatic rings. The second-order valence-corrected chi connectivity index (χ2v) is 5.71. The molecular formula is C16H22N4O. The first-order valence-corrected chi connectivity index (χ1v) is 7.71. The van der Waals surface area contributed by atoms with Crippen molar-refractivity contribution in [1.82, 2.24) is 20.1 Å². The van der Waals surface area contributed by atoms with Gasteiger partial charge in [0, 0.05) is 18.1 Å². The van der Waals surface area contributed by atoms with Crippen LogP contribution in [0.5, 0.6) is 0 Å². The number of hydrogen-bond donors (Lipinski definition) is 2. The first-order valence-electron chi connectivity index (χ1n) is 7.71. The maximum atomic E-state index is 12.2. The zero-order valence-corrected chi connectivity index (χ0v) is 12.4. The van der Waals surface area contributed by atoms with Crippen LogP contribution in [0.3, 0.4) is 0 Å². The summed E-state index contributed by atoms with van der Waals surface area (Å²) in [6, 6.07) is 3.66. The lowest BCUT2D eigenvalue weighted by Crippen LogP contribution is -2.30. The topological polar surface area (TPSA) is 62.7 Å². The molecule has 0 bridgehead atoms. The first kappa shape index (κ1) is 13.9. The van der Waals surface area contributed by atoms with E-state index in [9.17, 15) is 4.79 Å². The van der Waals surface area contributed by atoms with Crippen LogP contribution in [-0.4, -0.2) is 20.7 Å². The monoisotopic (exact) mass is 286 g/mol. The van der Waals surface area contributed by atoms with Gasteiger partial charge in [0.15, 0.2) is 0 Å². The molecule has 5 nitrogen and oxygen atoms in total. The van der Waals surface area contributed by atoms with Crippen molar-refractivity contribution >= 4 is 5.91 Å². The Balaban J connectivity index is 1.63. The fraction of sp³-hybridized carbons (Fsp3) is 0.500. The third-order valence-corrected chi connectivity index (χ3v) is 4.28. The minimum Gasteiger partial charge on any atom is -0.349 e. The molecule has 0 radical (unpaired) electrons. The second-order valence-electron chi connectivity index (χ2n) is 5.71. The fourth-order valence-corrected chi connectivity index (χ4v) is 2.93. The molecule has 3 rings (SSSR count). The van der Waals surface area contributed by atoms with E-state index >= 15 is 0 Å². The standard InChI is InChI=1S/C16H22N4O/c1-12(20-9-5-6-10-20)16(21)17-11-15-13-7-3-2-4-8-14(13)18-19-15/h5-6,9-10,12H,2-4,7-8,11H2,1H3,(H,17,21)(H,18,19)/t12-/m0/s1. The SMILES string of the molecule is C[C@@H](C(=O)NCc1n[nH]c2c1CCCCC2)n1cccc1. The Morgan fingerprint density at radius 1 is 1.33 bits per heavy atom. The van der Waals surface area contributed by atoms with E-state index in [1.165, 1.54) is 30.5 Å². The lowest BCUT2D eigenvalue weighted by Gasteiger charge is -2.13. The zero-order valence-electron chi connectivity index (χ0n) is 12.4. The van der Waals surface area contributed by atoms with Crippen LogP contribution in [0.15, 0.2) is 24.5 Å². The van der Waals surface area contributed by atoms with Crippen LogP contribution in [-0.2, 0) is 24.2 Å². The van der Waals surface area contributed by atoms with Gasteiger partial charge in [-0.3, -0.25) is 9.89 Å². The summed E-state index contributed by atoms with van der Waals surface area (Å²) in [7, 11) is 0. The summed E-state index contributed by atoms with van der Waals surface area (Å²) in [6.07, 6.45) is 9.69. The van der Waals surface area contributed by atoms with Crippen molar-refractivity contribution in [2.75, 3.05) is 0 Å². The normalized spacial score (nSPS) is 16.0. The predicted molar refractivity (Wildman–Crippen MR) is 80.8 cm³/mol. The highest BCUT2D eigenvalue weighted by molar-refractivity contribution is 5.79. The molecular weight excluding hydrogens is 264 g/mol. The summed E-state index contributed by atoms with van der Waals surface area (Å²) in [4.78, 5) is 12.2.